The molecule has 3 rings (SSSR count). The van der Waals surface area contributed by atoms with Crippen LogP contribution >= 0.6 is 11.8 Å². The van der Waals surface area contributed by atoms with Crippen molar-refractivity contribution in [1.82, 2.24) is 4.98 Å². The molecule has 17 heavy (non-hydrogen) atoms. The molecule has 0 aliphatic carbocycles. The summed E-state index contributed by atoms with van der Waals surface area (Å²) in [6.07, 6.45) is 2.68. The number of carbonyl (C=O) groups is 1. The second-order valence-corrected chi connectivity index (χ2v) is 5.44. The van der Waals surface area contributed by atoms with E-state index in [1.165, 1.54) is 5.56 Å². The maximum absolute atomic E-state index is 11.6. The highest BCUT2D eigenvalue weighted by Gasteiger charge is 2.24. The van der Waals surface area contributed by atoms with Crippen LogP contribution in [-0.4, -0.2) is 22.3 Å². The molecule has 86 valence electrons. The van der Waals surface area contributed by atoms with Crippen LogP contribution < -0.4 is 0 Å². The van der Waals surface area contributed by atoms with Crippen molar-refractivity contribution in [3.8, 4) is 0 Å². The van der Waals surface area contributed by atoms with Crippen molar-refractivity contribution in [2.24, 2.45) is 5.92 Å². The van der Waals surface area contributed by atoms with Gasteiger partial charge in [-0.25, -0.2) is 0 Å². The van der Waals surface area contributed by atoms with Gasteiger partial charge in [-0.15, -0.1) is 0 Å². The SMILES string of the molecule is O=C1CSCC1Cc1ccc2ncccc2c1. The molecular weight excluding hydrogens is 230 g/mol. The number of fused-ring (bicyclic) bond motifs is 1. The van der Waals surface area contributed by atoms with Crippen LogP contribution in [0.1, 0.15) is 5.56 Å². The molecule has 1 saturated heterocycles. The molecule has 0 N–H and O–H groups in total. The number of rotatable bonds is 2. The fourth-order valence-corrected chi connectivity index (χ4v) is 3.36. The van der Waals surface area contributed by atoms with Gasteiger partial charge in [-0.3, -0.25) is 9.78 Å². The van der Waals surface area contributed by atoms with Crippen molar-refractivity contribution >= 4 is 28.4 Å². The third-order valence-electron chi connectivity index (χ3n) is 3.17. The molecule has 1 aliphatic rings. The van der Waals surface area contributed by atoms with Crippen LogP contribution in [0, 0.1) is 5.92 Å². The third-order valence-corrected chi connectivity index (χ3v) is 4.29. The summed E-state index contributed by atoms with van der Waals surface area (Å²) in [6.45, 7) is 0. The number of carbonyl (C=O) groups excluding carboxylic acids is 1. The Labute approximate surface area is 104 Å². The van der Waals surface area contributed by atoms with Gasteiger partial charge in [-0.05, 0) is 30.2 Å². The first-order chi connectivity index (χ1) is 8.33. The lowest BCUT2D eigenvalue weighted by molar-refractivity contribution is -0.119. The van der Waals surface area contributed by atoms with Gasteiger partial charge in [0.25, 0.3) is 0 Å². The minimum atomic E-state index is 0.217. The Bertz CT molecular complexity index is 567. The van der Waals surface area contributed by atoms with Gasteiger partial charge >= 0.3 is 0 Å². The van der Waals surface area contributed by atoms with E-state index in [0.29, 0.717) is 11.5 Å². The van der Waals surface area contributed by atoms with E-state index < -0.39 is 0 Å². The molecule has 2 nitrogen and oxygen atoms in total. The molecular formula is C14H13NOS. The van der Waals surface area contributed by atoms with Crippen LogP contribution in [0.25, 0.3) is 10.9 Å². The highest BCUT2D eigenvalue weighted by atomic mass is 32.2. The van der Waals surface area contributed by atoms with Crippen LogP contribution in [0.3, 0.4) is 0 Å². The lowest BCUT2D eigenvalue weighted by Gasteiger charge is -2.07. The summed E-state index contributed by atoms with van der Waals surface area (Å²) < 4.78 is 0. The van der Waals surface area contributed by atoms with E-state index in [-0.39, 0.29) is 5.92 Å². The Morgan fingerprint density at radius 1 is 1.35 bits per heavy atom. The van der Waals surface area contributed by atoms with Crippen LogP contribution in [0.15, 0.2) is 36.5 Å². The summed E-state index contributed by atoms with van der Waals surface area (Å²) in [5.74, 6) is 2.29. The van der Waals surface area contributed by atoms with Crippen LogP contribution in [-0.2, 0) is 11.2 Å². The maximum Gasteiger partial charge on any atom is 0.146 e. The molecule has 0 amide bonds. The van der Waals surface area contributed by atoms with Gasteiger partial charge in [0.05, 0.1) is 11.3 Å². The minimum absolute atomic E-state index is 0.217. The molecule has 2 heterocycles. The van der Waals surface area contributed by atoms with E-state index in [1.54, 1.807) is 18.0 Å². The van der Waals surface area contributed by atoms with Gasteiger partial charge in [-0.1, -0.05) is 12.1 Å². The van der Waals surface area contributed by atoms with Gasteiger partial charge in [0, 0.05) is 23.3 Å². The highest BCUT2D eigenvalue weighted by molar-refractivity contribution is 8.00. The van der Waals surface area contributed by atoms with E-state index in [9.17, 15) is 4.79 Å². The van der Waals surface area contributed by atoms with Crippen LogP contribution in [0.5, 0.6) is 0 Å². The van der Waals surface area contributed by atoms with Crippen molar-refractivity contribution in [3.63, 3.8) is 0 Å². The van der Waals surface area contributed by atoms with Crippen molar-refractivity contribution in [1.29, 1.82) is 0 Å². The average molecular weight is 243 g/mol. The van der Waals surface area contributed by atoms with Crippen molar-refractivity contribution in [2.45, 2.75) is 6.42 Å². The predicted octanol–water partition coefficient (Wildman–Crippen LogP) is 2.71. The van der Waals surface area contributed by atoms with Gasteiger partial charge in [0.15, 0.2) is 0 Å². The van der Waals surface area contributed by atoms with E-state index in [0.717, 1.165) is 23.1 Å². The van der Waals surface area contributed by atoms with Crippen molar-refractivity contribution < 1.29 is 4.79 Å². The van der Waals surface area contributed by atoms with Crippen LogP contribution in [0.2, 0.25) is 0 Å². The molecule has 0 radical (unpaired) electrons. The summed E-state index contributed by atoms with van der Waals surface area (Å²) in [4.78, 5) is 15.9. The first-order valence-corrected chi connectivity index (χ1v) is 6.92. The Morgan fingerprint density at radius 3 is 3.12 bits per heavy atom. The quantitative estimate of drug-likeness (QED) is 0.812. The molecule has 1 atom stereocenters. The normalized spacial score (nSPS) is 20.0. The Morgan fingerprint density at radius 2 is 2.29 bits per heavy atom. The number of pyridine rings is 1. The molecule has 3 heteroatoms. The summed E-state index contributed by atoms with van der Waals surface area (Å²) >= 11 is 1.75. The lowest BCUT2D eigenvalue weighted by atomic mass is 9.97. The number of hydrogen-bond donors (Lipinski definition) is 0. The molecule has 1 fully saturated rings. The first kappa shape index (κ1) is 10.8. The van der Waals surface area contributed by atoms with E-state index in [2.05, 4.69) is 23.2 Å². The number of nitrogens with zero attached hydrogens (tertiary/aromatic N) is 1. The smallest absolute Gasteiger partial charge is 0.146 e. The lowest BCUT2D eigenvalue weighted by Crippen LogP contribution is -2.13. The third kappa shape index (κ3) is 2.20. The zero-order chi connectivity index (χ0) is 11.7. The Hall–Kier alpha value is -1.35. The molecule has 1 aromatic heterocycles. The average Bonchev–Trinajstić information content (AvgIpc) is 2.75. The molecule has 0 bridgehead atoms. The van der Waals surface area contributed by atoms with E-state index in [1.807, 2.05) is 12.1 Å². The molecule has 1 aromatic carbocycles. The minimum Gasteiger partial charge on any atom is -0.298 e. The fraction of sp³-hybridized carbons (Fsp3) is 0.286. The zero-order valence-electron chi connectivity index (χ0n) is 9.43. The van der Waals surface area contributed by atoms with Gasteiger partial charge in [-0.2, -0.15) is 11.8 Å². The number of ketones is 1. The number of hydrogen-bond acceptors (Lipinski definition) is 3. The summed E-state index contributed by atoms with van der Waals surface area (Å²) in [5, 5.41) is 1.16. The van der Waals surface area contributed by atoms with Gasteiger partial charge in [0.1, 0.15) is 5.78 Å². The number of Topliss-reactive ketones (excluding diaryl/α,β-unsaturated/α-hetero) is 1. The van der Waals surface area contributed by atoms with Gasteiger partial charge < -0.3 is 0 Å². The number of aromatic nitrogens is 1. The Kier molecular flexibility index (Phi) is 2.85. The molecule has 0 spiro atoms. The summed E-state index contributed by atoms with van der Waals surface area (Å²) in [5.41, 5.74) is 2.26. The second kappa shape index (κ2) is 4.49. The molecule has 2 aromatic rings. The zero-order valence-corrected chi connectivity index (χ0v) is 10.2. The van der Waals surface area contributed by atoms with Gasteiger partial charge in [0.2, 0.25) is 0 Å². The fourth-order valence-electron chi connectivity index (χ4n) is 2.22. The standard InChI is InChI=1S/C14H13NOS/c16-14-9-17-8-12(14)7-10-3-4-13-11(6-10)2-1-5-15-13/h1-6,12H,7-9H2. The second-order valence-electron chi connectivity index (χ2n) is 4.41. The first-order valence-electron chi connectivity index (χ1n) is 5.77. The number of thioether (sulfide) groups is 1. The largest absolute Gasteiger partial charge is 0.298 e. The topological polar surface area (TPSA) is 30.0 Å². The van der Waals surface area contributed by atoms with E-state index >= 15 is 0 Å². The van der Waals surface area contributed by atoms with Crippen LogP contribution in [0.4, 0.5) is 0 Å². The molecule has 0 saturated carbocycles. The highest BCUT2D eigenvalue weighted by Crippen LogP contribution is 2.25. The predicted molar refractivity (Wildman–Crippen MR) is 71.3 cm³/mol. The van der Waals surface area contributed by atoms with E-state index in [4.69, 9.17) is 0 Å². The molecule has 1 unspecified atom stereocenters. The Balaban J connectivity index is 1.88. The summed E-state index contributed by atoms with van der Waals surface area (Å²) in [6, 6.07) is 10.3. The monoisotopic (exact) mass is 243 g/mol. The summed E-state index contributed by atoms with van der Waals surface area (Å²) in [7, 11) is 0. The number of benzene rings is 1. The van der Waals surface area contributed by atoms with Crippen molar-refractivity contribution in [2.75, 3.05) is 11.5 Å². The van der Waals surface area contributed by atoms with Crippen molar-refractivity contribution in [3.05, 3.63) is 42.1 Å². The maximum atomic E-state index is 11.6. The molecule has 1 aliphatic heterocycles.